The van der Waals surface area contributed by atoms with Gasteiger partial charge in [-0.2, -0.15) is 0 Å². The molecule has 0 fully saturated rings. The number of rotatable bonds is 7. The van der Waals surface area contributed by atoms with Crippen LogP contribution in [0.3, 0.4) is 0 Å². The van der Waals surface area contributed by atoms with Crippen LogP contribution in [0.15, 0.2) is 23.0 Å². The number of carbonyl (C=O) groups is 2. The Hall–Kier alpha value is -3.36. The lowest BCUT2D eigenvalue weighted by molar-refractivity contribution is 0.0695. The number of nitrogens with one attached hydrogen (secondary N) is 1. The lowest BCUT2D eigenvalue weighted by Crippen LogP contribution is -2.24. The third-order valence-electron chi connectivity index (χ3n) is 3.64. The van der Waals surface area contributed by atoms with Gasteiger partial charge in [-0.15, -0.1) is 0 Å². The van der Waals surface area contributed by atoms with Crippen LogP contribution >= 0.6 is 0 Å². The molecule has 0 aliphatic carbocycles. The summed E-state index contributed by atoms with van der Waals surface area (Å²) in [6.07, 6.45) is 1.44. The van der Waals surface area contributed by atoms with Gasteiger partial charge in [-0.1, -0.05) is 13.3 Å². The smallest absolute Gasteiger partial charge is 0.342 e. The second-order valence-electron chi connectivity index (χ2n) is 5.45. The molecule has 2 aromatic rings. The zero-order valence-corrected chi connectivity index (χ0v) is 13.8. The Labute approximate surface area is 147 Å². The van der Waals surface area contributed by atoms with Crippen molar-refractivity contribution in [3.05, 3.63) is 45.5 Å². The minimum absolute atomic E-state index is 0.0462. The van der Waals surface area contributed by atoms with E-state index in [-0.39, 0.29) is 17.9 Å². The fourth-order valence-corrected chi connectivity index (χ4v) is 2.46. The molecule has 0 aliphatic rings. The zero-order chi connectivity index (χ0) is 19.4. The molecule has 0 saturated heterocycles. The normalized spacial score (nSPS) is 10.5. The highest BCUT2D eigenvalue weighted by Crippen LogP contribution is 2.36. The molecule has 0 unspecified atom stereocenters. The van der Waals surface area contributed by atoms with Gasteiger partial charge in [0, 0.05) is 17.2 Å². The summed E-state index contributed by atoms with van der Waals surface area (Å²) in [5, 5.41) is 18.9. The first-order chi connectivity index (χ1) is 12.3. The van der Waals surface area contributed by atoms with Gasteiger partial charge in [-0.25, -0.2) is 14.0 Å². The number of unbranched alkanes of at least 4 members (excludes halogenated alkanes) is 1. The van der Waals surface area contributed by atoms with Crippen molar-refractivity contribution < 1.29 is 28.9 Å². The summed E-state index contributed by atoms with van der Waals surface area (Å²) in [5.41, 5.74) is 2.62. The Bertz CT molecular complexity index is 922. The summed E-state index contributed by atoms with van der Waals surface area (Å²) >= 11 is 0. The van der Waals surface area contributed by atoms with Gasteiger partial charge in [-0.05, 0) is 18.6 Å². The van der Waals surface area contributed by atoms with Gasteiger partial charge in [0.2, 0.25) is 0 Å². The Morgan fingerprint density at radius 2 is 1.88 bits per heavy atom. The molecule has 8 nitrogen and oxygen atoms in total. The molecule has 0 atom stereocenters. The number of aromatic carboxylic acids is 2. The molecule has 1 aromatic heterocycles. The summed E-state index contributed by atoms with van der Waals surface area (Å²) in [6, 6.07) is 3.17. The molecule has 9 heteroatoms. The molecule has 0 radical (unpaired) electrons. The molecule has 0 aliphatic heterocycles. The van der Waals surface area contributed by atoms with Crippen LogP contribution in [0.25, 0.3) is 11.1 Å². The van der Waals surface area contributed by atoms with Crippen molar-refractivity contribution in [3.63, 3.8) is 0 Å². The van der Waals surface area contributed by atoms with Crippen LogP contribution in [0.2, 0.25) is 0 Å². The maximum Gasteiger partial charge on any atom is 0.342 e. The summed E-state index contributed by atoms with van der Waals surface area (Å²) in [4.78, 5) is 37.3. The van der Waals surface area contributed by atoms with Crippen LogP contribution in [-0.2, 0) is 0 Å². The number of nitrogens with two attached hydrogens (primary N) is 1. The molecule has 0 spiro atoms. The highest BCUT2D eigenvalue weighted by atomic mass is 19.1. The number of carboxylic acid groups (broad SMARTS) is 2. The maximum absolute atomic E-state index is 13.6. The quantitative estimate of drug-likeness (QED) is 0.552. The zero-order valence-electron chi connectivity index (χ0n) is 13.8. The number of hydrogen-bond acceptors (Lipinski definition) is 5. The molecule has 0 saturated carbocycles. The minimum Gasteiger partial charge on any atom is -0.493 e. The molecule has 26 heavy (non-hydrogen) atoms. The Balaban J connectivity index is 2.85. The van der Waals surface area contributed by atoms with Gasteiger partial charge in [0.25, 0.3) is 5.56 Å². The van der Waals surface area contributed by atoms with E-state index in [4.69, 9.17) is 10.5 Å². The number of carboxylic acids is 2. The third kappa shape index (κ3) is 3.66. The molecule has 138 valence electrons. The van der Waals surface area contributed by atoms with Gasteiger partial charge in [0.1, 0.15) is 28.5 Å². The fraction of sp³-hybridized carbons (Fsp3) is 0.235. The average Bonchev–Trinajstić information content (AvgIpc) is 2.53. The molecule has 1 heterocycles. The van der Waals surface area contributed by atoms with Crippen LogP contribution in [-0.4, -0.2) is 33.7 Å². The molecule has 1 aromatic carbocycles. The highest BCUT2D eigenvalue weighted by Gasteiger charge is 2.28. The van der Waals surface area contributed by atoms with Crippen LogP contribution < -0.4 is 16.0 Å². The van der Waals surface area contributed by atoms with Gasteiger partial charge < -0.3 is 25.7 Å². The van der Waals surface area contributed by atoms with Gasteiger partial charge in [0.05, 0.1) is 6.61 Å². The van der Waals surface area contributed by atoms with Crippen molar-refractivity contribution >= 4 is 17.8 Å². The highest BCUT2D eigenvalue weighted by molar-refractivity contribution is 6.08. The molecule has 0 bridgehead atoms. The van der Waals surface area contributed by atoms with E-state index in [1.54, 1.807) is 0 Å². The Kier molecular flexibility index (Phi) is 5.61. The molecular formula is C17H17FN2O6. The van der Waals surface area contributed by atoms with Gasteiger partial charge in [0.15, 0.2) is 0 Å². The van der Waals surface area contributed by atoms with E-state index in [0.29, 0.717) is 6.42 Å². The van der Waals surface area contributed by atoms with E-state index in [0.717, 1.165) is 24.6 Å². The minimum atomic E-state index is -1.65. The van der Waals surface area contributed by atoms with Crippen molar-refractivity contribution in [2.45, 2.75) is 19.8 Å². The Morgan fingerprint density at radius 3 is 2.46 bits per heavy atom. The lowest BCUT2D eigenvalue weighted by atomic mass is 9.94. The number of hydrogen-bond donors (Lipinski definition) is 4. The summed E-state index contributed by atoms with van der Waals surface area (Å²) in [6.45, 7) is 2.12. The van der Waals surface area contributed by atoms with Crippen molar-refractivity contribution in [3.8, 4) is 16.9 Å². The summed E-state index contributed by atoms with van der Waals surface area (Å²) < 4.78 is 19.1. The first kappa shape index (κ1) is 19.0. The van der Waals surface area contributed by atoms with E-state index >= 15 is 0 Å². The topological polar surface area (TPSA) is 143 Å². The molecule has 5 N–H and O–H groups in total. The number of benzene rings is 1. The average molecular weight is 364 g/mol. The van der Waals surface area contributed by atoms with Crippen LogP contribution in [0.5, 0.6) is 5.75 Å². The van der Waals surface area contributed by atoms with Crippen LogP contribution in [0.4, 0.5) is 10.2 Å². The second-order valence-corrected chi connectivity index (χ2v) is 5.45. The van der Waals surface area contributed by atoms with E-state index in [9.17, 15) is 29.0 Å². The van der Waals surface area contributed by atoms with Gasteiger partial charge in [-0.3, -0.25) is 4.79 Å². The second kappa shape index (κ2) is 7.68. The van der Waals surface area contributed by atoms with E-state index < -0.39 is 45.8 Å². The van der Waals surface area contributed by atoms with Crippen molar-refractivity contribution in [1.82, 2.24) is 4.98 Å². The Morgan fingerprint density at radius 1 is 1.23 bits per heavy atom. The van der Waals surface area contributed by atoms with Crippen molar-refractivity contribution in [2.24, 2.45) is 0 Å². The number of aromatic amines is 1. The number of H-pyrrole nitrogens is 1. The molecule has 0 amide bonds. The van der Waals surface area contributed by atoms with E-state index in [2.05, 4.69) is 0 Å². The summed E-state index contributed by atoms with van der Waals surface area (Å²) in [7, 11) is 0. The van der Waals surface area contributed by atoms with Crippen molar-refractivity contribution in [1.29, 1.82) is 0 Å². The maximum atomic E-state index is 13.6. The van der Waals surface area contributed by atoms with Crippen LogP contribution in [0, 0.1) is 5.82 Å². The molecular weight excluding hydrogens is 347 g/mol. The van der Waals surface area contributed by atoms with Crippen molar-refractivity contribution in [2.75, 3.05) is 12.3 Å². The largest absolute Gasteiger partial charge is 0.493 e. The van der Waals surface area contributed by atoms with E-state index in [1.165, 1.54) is 0 Å². The number of aromatic nitrogens is 1. The molecule has 2 rings (SSSR count). The number of anilines is 1. The van der Waals surface area contributed by atoms with Crippen LogP contribution in [0.1, 0.15) is 40.5 Å². The lowest BCUT2D eigenvalue weighted by Gasteiger charge is -2.16. The number of nitrogen functional groups attached to an aromatic ring is 1. The number of ether oxygens (including phenoxy) is 1. The SMILES string of the molecule is CCCCOc1cc(F)ccc1-c1c(C(=O)O)c(N)[nH]c(=O)c1C(=O)O. The third-order valence-corrected chi connectivity index (χ3v) is 3.64. The predicted octanol–water partition coefficient (Wildman–Crippen LogP) is 2.34. The fourth-order valence-electron chi connectivity index (χ4n) is 2.46. The monoisotopic (exact) mass is 364 g/mol. The first-order valence-corrected chi connectivity index (χ1v) is 7.73. The first-order valence-electron chi connectivity index (χ1n) is 7.73. The van der Waals surface area contributed by atoms with Gasteiger partial charge >= 0.3 is 11.9 Å². The predicted molar refractivity (Wildman–Crippen MR) is 91.2 cm³/mol. The number of pyridine rings is 1. The number of halogens is 1. The van der Waals surface area contributed by atoms with E-state index in [1.807, 2.05) is 11.9 Å². The standard InChI is InChI=1S/C17H17FN2O6/c1-2-3-6-26-10-7-8(18)4-5-9(10)11-12(16(22)23)14(19)20-15(21)13(11)17(24)25/h4-5,7H,2-3,6H2,1H3,(H,22,23)(H,24,25)(H3,19,20,21). The summed E-state index contributed by atoms with van der Waals surface area (Å²) in [5.74, 6) is -4.43.